The Labute approximate surface area is 201 Å². The largest absolute Gasteiger partial charge is 0.396 e. The van der Waals surface area contributed by atoms with Crippen LogP contribution >= 0.6 is 0 Å². The fourth-order valence-electron chi connectivity index (χ4n) is 9.37. The minimum Gasteiger partial charge on any atom is -0.396 e. The summed E-state index contributed by atoms with van der Waals surface area (Å²) in [6, 6.07) is 0. The highest BCUT2D eigenvalue weighted by Gasteiger charge is 2.60. The van der Waals surface area contributed by atoms with Gasteiger partial charge in [0.25, 0.3) is 0 Å². The monoisotopic (exact) mass is 462 g/mol. The zero-order valence-electron chi connectivity index (χ0n) is 21.7. The first-order valence-electron chi connectivity index (χ1n) is 13.9. The summed E-state index contributed by atoms with van der Waals surface area (Å²) in [6.45, 7) is 11.6. The van der Waals surface area contributed by atoms with Gasteiger partial charge in [0.15, 0.2) is 0 Å². The van der Waals surface area contributed by atoms with Crippen molar-refractivity contribution in [3.8, 4) is 0 Å². The van der Waals surface area contributed by atoms with E-state index in [0.717, 1.165) is 50.5 Å². The third-order valence-electron chi connectivity index (χ3n) is 11.5. The molecule has 3 saturated carbocycles. The van der Waals surface area contributed by atoms with Crippen LogP contribution in [0.15, 0.2) is 11.6 Å². The SMILES string of the molecule is CCC(CC(O)[C@@H](CO)[C@H]1CC[C@H]2[C@@H]3CC=C4[C@@H](O)[C@@H](O)CC[C@]4(C)[C@H]3CC[C@]12C)C(C)C. The Morgan fingerprint density at radius 3 is 2.39 bits per heavy atom. The van der Waals surface area contributed by atoms with Gasteiger partial charge in [0, 0.05) is 12.5 Å². The molecule has 2 unspecified atom stereocenters. The molecule has 3 fully saturated rings. The van der Waals surface area contributed by atoms with Crippen LogP contribution < -0.4 is 0 Å². The molecule has 0 heterocycles. The fourth-order valence-corrected chi connectivity index (χ4v) is 9.37. The molecule has 0 saturated heterocycles. The van der Waals surface area contributed by atoms with E-state index >= 15 is 0 Å². The van der Waals surface area contributed by atoms with Crippen molar-refractivity contribution in [3.05, 3.63) is 11.6 Å². The van der Waals surface area contributed by atoms with E-state index in [1.54, 1.807) is 0 Å². The lowest BCUT2D eigenvalue weighted by Crippen LogP contribution is -2.54. The van der Waals surface area contributed by atoms with E-state index in [4.69, 9.17) is 0 Å². The molecular weight excluding hydrogens is 412 g/mol. The highest BCUT2D eigenvalue weighted by atomic mass is 16.3. The van der Waals surface area contributed by atoms with Crippen molar-refractivity contribution >= 4 is 0 Å². The van der Waals surface area contributed by atoms with Gasteiger partial charge in [-0.3, -0.25) is 0 Å². The maximum atomic E-state index is 11.3. The van der Waals surface area contributed by atoms with E-state index in [0.29, 0.717) is 41.9 Å². The van der Waals surface area contributed by atoms with Crippen LogP contribution in [0.25, 0.3) is 0 Å². The van der Waals surface area contributed by atoms with E-state index in [1.807, 2.05) is 0 Å². The van der Waals surface area contributed by atoms with Gasteiger partial charge in [-0.1, -0.05) is 47.1 Å². The topological polar surface area (TPSA) is 80.9 Å². The van der Waals surface area contributed by atoms with Crippen molar-refractivity contribution in [2.75, 3.05) is 6.61 Å². The lowest BCUT2D eigenvalue weighted by Gasteiger charge is -2.59. The molecular formula is C29H50O4. The number of aliphatic hydroxyl groups is 4. The Balaban J connectivity index is 1.55. The molecule has 4 heteroatoms. The third kappa shape index (κ3) is 4.15. The average Bonchev–Trinajstić information content (AvgIpc) is 3.12. The lowest BCUT2D eigenvalue weighted by molar-refractivity contribution is -0.0931. The van der Waals surface area contributed by atoms with E-state index in [1.165, 1.54) is 6.42 Å². The molecule has 4 aliphatic rings. The van der Waals surface area contributed by atoms with Gasteiger partial charge in [0.05, 0.1) is 12.2 Å². The van der Waals surface area contributed by atoms with Crippen LogP contribution in [-0.2, 0) is 0 Å². The summed E-state index contributed by atoms with van der Waals surface area (Å²) in [5.74, 6) is 3.21. The molecule has 33 heavy (non-hydrogen) atoms. The van der Waals surface area contributed by atoms with Gasteiger partial charge in [-0.25, -0.2) is 0 Å². The van der Waals surface area contributed by atoms with E-state index < -0.39 is 18.3 Å². The molecule has 11 atom stereocenters. The predicted molar refractivity (Wildman–Crippen MR) is 132 cm³/mol. The number of allylic oxidation sites excluding steroid dienone is 1. The van der Waals surface area contributed by atoms with Gasteiger partial charge >= 0.3 is 0 Å². The molecule has 4 N–H and O–H groups in total. The minimum absolute atomic E-state index is 0.00247. The Morgan fingerprint density at radius 1 is 1.03 bits per heavy atom. The molecule has 0 radical (unpaired) electrons. The van der Waals surface area contributed by atoms with Crippen LogP contribution in [0.1, 0.15) is 92.4 Å². The molecule has 0 spiro atoms. The summed E-state index contributed by atoms with van der Waals surface area (Å²) in [7, 11) is 0. The van der Waals surface area contributed by atoms with Gasteiger partial charge in [-0.05, 0) is 103 Å². The minimum atomic E-state index is -0.698. The number of hydrogen-bond acceptors (Lipinski definition) is 4. The fraction of sp³-hybridized carbons (Fsp3) is 0.931. The maximum absolute atomic E-state index is 11.3. The molecule has 4 aliphatic carbocycles. The molecule has 4 nitrogen and oxygen atoms in total. The Hall–Kier alpha value is -0.420. The Morgan fingerprint density at radius 2 is 1.76 bits per heavy atom. The first-order valence-corrected chi connectivity index (χ1v) is 13.9. The summed E-state index contributed by atoms with van der Waals surface area (Å²) in [5.41, 5.74) is 1.27. The van der Waals surface area contributed by atoms with Crippen LogP contribution in [0.5, 0.6) is 0 Å². The van der Waals surface area contributed by atoms with Crippen molar-refractivity contribution in [3.63, 3.8) is 0 Å². The lowest BCUT2D eigenvalue weighted by atomic mass is 9.46. The Bertz CT molecular complexity index is 718. The summed E-state index contributed by atoms with van der Waals surface area (Å²) in [6.07, 6.45) is 9.69. The normalized spacial score (nSPS) is 45.6. The third-order valence-corrected chi connectivity index (χ3v) is 11.5. The molecule has 0 aromatic rings. The summed E-state index contributed by atoms with van der Waals surface area (Å²) in [5, 5.41) is 42.7. The molecule has 0 aliphatic heterocycles. The molecule has 0 bridgehead atoms. The summed E-state index contributed by atoms with van der Waals surface area (Å²) >= 11 is 0. The molecule has 4 rings (SSSR count). The number of aliphatic hydroxyl groups excluding tert-OH is 4. The van der Waals surface area contributed by atoms with Crippen LogP contribution in [-0.4, -0.2) is 45.3 Å². The second-order valence-corrected chi connectivity index (χ2v) is 13.0. The molecule has 0 amide bonds. The maximum Gasteiger partial charge on any atom is 0.101 e. The second kappa shape index (κ2) is 9.56. The van der Waals surface area contributed by atoms with Gasteiger partial charge in [-0.15, -0.1) is 0 Å². The first kappa shape index (κ1) is 25.7. The second-order valence-electron chi connectivity index (χ2n) is 13.0. The molecule has 0 aromatic carbocycles. The van der Waals surface area contributed by atoms with Crippen molar-refractivity contribution in [2.45, 2.75) is 111 Å². The van der Waals surface area contributed by atoms with Gasteiger partial charge in [0.1, 0.15) is 6.10 Å². The molecule has 0 aromatic heterocycles. The van der Waals surface area contributed by atoms with E-state index in [-0.39, 0.29) is 23.4 Å². The van der Waals surface area contributed by atoms with Crippen molar-refractivity contribution in [1.82, 2.24) is 0 Å². The number of rotatable bonds is 7. The summed E-state index contributed by atoms with van der Waals surface area (Å²) in [4.78, 5) is 0. The van der Waals surface area contributed by atoms with Gasteiger partial charge < -0.3 is 20.4 Å². The van der Waals surface area contributed by atoms with E-state index in [9.17, 15) is 20.4 Å². The molecule has 190 valence electrons. The van der Waals surface area contributed by atoms with Crippen LogP contribution in [0, 0.1) is 52.3 Å². The smallest absolute Gasteiger partial charge is 0.101 e. The van der Waals surface area contributed by atoms with Crippen LogP contribution in [0.3, 0.4) is 0 Å². The highest BCUT2D eigenvalue weighted by molar-refractivity contribution is 5.29. The zero-order valence-corrected chi connectivity index (χ0v) is 21.7. The van der Waals surface area contributed by atoms with Gasteiger partial charge in [-0.2, -0.15) is 0 Å². The number of hydrogen-bond donors (Lipinski definition) is 4. The highest BCUT2D eigenvalue weighted by Crippen LogP contribution is 2.67. The summed E-state index contributed by atoms with van der Waals surface area (Å²) < 4.78 is 0. The number of fused-ring (bicyclic) bond motifs is 5. The Kier molecular flexibility index (Phi) is 7.44. The van der Waals surface area contributed by atoms with Gasteiger partial charge in [0.2, 0.25) is 0 Å². The average molecular weight is 463 g/mol. The predicted octanol–water partition coefficient (Wildman–Crippen LogP) is 4.94. The van der Waals surface area contributed by atoms with Crippen molar-refractivity contribution in [1.29, 1.82) is 0 Å². The van der Waals surface area contributed by atoms with Crippen molar-refractivity contribution < 1.29 is 20.4 Å². The quantitative estimate of drug-likeness (QED) is 0.404. The first-order chi connectivity index (χ1) is 15.6. The van der Waals surface area contributed by atoms with Crippen molar-refractivity contribution in [2.24, 2.45) is 52.3 Å². The van der Waals surface area contributed by atoms with Crippen LogP contribution in [0.2, 0.25) is 0 Å². The zero-order chi connectivity index (χ0) is 24.1. The van der Waals surface area contributed by atoms with E-state index in [2.05, 4.69) is 40.7 Å². The van der Waals surface area contributed by atoms with Crippen LogP contribution in [0.4, 0.5) is 0 Å². The standard InChI is InChI=1S/C29H50O4/c1-6-18(17(2)3)15-26(32)20(16-30)22-10-9-21-19-7-8-24-27(33)25(31)12-14-29(24,5)23(19)11-13-28(21,22)4/h8,17-23,25-27,30-33H,6-7,9-16H2,1-5H3/t18?,19-,20-,21-,22+,23-,25-,26?,27+,28-,29+/m0/s1.